The molecule has 1 aliphatic rings. The number of hydrogen-bond donors (Lipinski definition) is 3. The Morgan fingerprint density at radius 3 is 1.98 bits per heavy atom. The van der Waals surface area contributed by atoms with Crippen molar-refractivity contribution in [2.45, 2.75) is 76.8 Å². The molecule has 0 aliphatic carbocycles. The van der Waals surface area contributed by atoms with Crippen molar-refractivity contribution in [3.05, 3.63) is 81.8 Å². The minimum atomic E-state index is -4.20. The molecule has 0 radical (unpaired) electrons. The molecule has 0 aromatic heterocycles. The van der Waals surface area contributed by atoms with Crippen molar-refractivity contribution in [2.75, 3.05) is 29.6 Å². The molecule has 1 heterocycles. The van der Waals surface area contributed by atoms with E-state index >= 15 is 0 Å². The lowest BCUT2D eigenvalue weighted by atomic mass is 9.75. The Morgan fingerprint density at radius 2 is 1.45 bits per heavy atom. The van der Waals surface area contributed by atoms with Gasteiger partial charge in [-0.15, -0.1) is 0 Å². The number of amides is 2. The number of halogens is 2. The maximum atomic E-state index is 14.2. The molecule has 5 rings (SSSR count). The zero-order valence-electron chi connectivity index (χ0n) is 30.2. The summed E-state index contributed by atoms with van der Waals surface area (Å²) in [5, 5.41) is 7.65. The Hall–Kier alpha value is -4.03. The van der Waals surface area contributed by atoms with Crippen molar-refractivity contribution in [1.29, 1.82) is 0 Å². The van der Waals surface area contributed by atoms with Gasteiger partial charge in [-0.3, -0.25) is 10.1 Å². The summed E-state index contributed by atoms with van der Waals surface area (Å²) in [6.07, 6.45) is -0.493. The second kappa shape index (κ2) is 14.2. The molecule has 0 saturated heterocycles. The van der Waals surface area contributed by atoms with Gasteiger partial charge >= 0.3 is 6.09 Å². The van der Waals surface area contributed by atoms with Gasteiger partial charge in [-0.25, -0.2) is 13.2 Å². The van der Waals surface area contributed by atoms with Gasteiger partial charge in [0.25, 0.3) is 0 Å². The van der Waals surface area contributed by atoms with Gasteiger partial charge in [-0.2, -0.15) is 4.72 Å². The summed E-state index contributed by atoms with van der Waals surface area (Å²) in [7, 11) is -0.510. The highest BCUT2D eigenvalue weighted by atomic mass is 35.5. The quantitative estimate of drug-likeness (QED) is 0.156. The summed E-state index contributed by atoms with van der Waals surface area (Å²) in [6.45, 7) is 13.0. The van der Waals surface area contributed by atoms with Gasteiger partial charge in [0, 0.05) is 51.8 Å². The van der Waals surface area contributed by atoms with Crippen molar-refractivity contribution in [3.63, 3.8) is 0 Å². The first-order chi connectivity index (χ1) is 23.7. The molecule has 13 heteroatoms. The summed E-state index contributed by atoms with van der Waals surface area (Å²) in [5.41, 5.74) is 1.04. The third kappa shape index (κ3) is 8.22. The maximum absolute atomic E-state index is 14.2. The fourth-order valence-corrected chi connectivity index (χ4v) is 8.11. The number of fused-ring (bicyclic) bond motifs is 3. The van der Waals surface area contributed by atoms with Crippen molar-refractivity contribution >= 4 is 73.1 Å². The van der Waals surface area contributed by atoms with E-state index in [0.29, 0.717) is 32.3 Å². The average Bonchev–Trinajstić information content (AvgIpc) is 3.00. The van der Waals surface area contributed by atoms with Crippen LogP contribution < -0.4 is 25.0 Å². The highest BCUT2D eigenvalue weighted by molar-refractivity contribution is 7.89. The van der Waals surface area contributed by atoms with E-state index in [2.05, 4.69) is 15.4 Å². The molecule has 0 bridgehead atoms. The van der Waals surface area contributed by atoms with Gasteiger partial charge in [0.2, 0.25) is 15.9 Å². The van der Waals surface area contributed by atoms with Crippen molar-refractivity contribution in [1.82, 2.24) is 4.72 Å². The molecule has 1 aliphatic heterocycles. The number of ether oxygens (including phenoxy) is 2. The van der Waals surface area contributed by atoms with Crippen LogP contribution in [-0.2, 0) is 25.0 Å². The van der Waals surface area contributed by atoms with Gasteiger partial charge in [-0.05, 0) is 74.9 Å². The Morgan fingerprint density at radius 1 is 0.902 bits per heavy atom. The normalized spacial score (nSPS) is 14.3. The van der Waals surface area contributed by atoms with Gasteiger partial charge < -0.3 is 19.7 Å². The number of sulfonamides is 1. The number of hydrogen-bond acceptors (Lipinski definition) is 7. The SMILES string of the molecule is CC(C)C[C@H](NS(=O)(=O)c1cccc2cccc(N(C)C)c12)C(=O)Nc1cc(Cl)cc2c1Oc1c(NC(=O)OC(C)(C)C)cc(Cl)cc1C2(C)C. The number of nitrogens with zero attached hydrogens (tertiary/aromatic N) is 1. The van der Waals surface area contributed by atoms with E-state index in [4.69, 9.17) is 32.7 Å². The predicted octanol–water partition coefficient (Wildman–Crippen LogP) is 9.32. The third-order valence-electron chi connectivity index (χ3n) is 8.49. The van der Waals surface area contributed by atoms with Crippen LogP contribution in [0.25, 0.3) is 10.8 Å². The first-order valence-corrected chi connectivity index (χ1v) is 18.8. The van der Waals surface area contributed by atoms with Gasteiger partial charge in [0.05, 0.1) is 16.3 Å². The fraction of sp³-hybridized carbons (Fsp3) is 0.368. The first kappa shape index (κ1) is 38.2. The lowest BCUT2D eigenvalue weighted by molar-refractivity contribution is -0.118. The molecule has 3 N–H and O–H groups in total. The lowest BCUT2D eigenvalue weighted by Gasteiger charge is -2.37. The van der Waals surface area contributed by atoms with Crippen LogP contribution in [0.1, 0.15) is 66.0 Å². The van der Waals surface area contributed by atoms with Crippen LogP contribution in [0.15, 0.2) is 65.6 Å². The first-order valence-electron chi connectivity index (χ1n) is 16.6. The van der Waals surface area contributed by atoms with Gasteiger partial charge in [-0.1, -0.05) is 75.2 Å². The molecule has 272 valence electrons. The molecule has 0 spiro atoms. The Labute approximate surface area is 309 Å². The van der Waals surface area contributed by atoms with E-state index in [1.54, 1.807) is 51.1 Å². The molecule has 10 nitrogen and oxygen atoms in total. The Kier molecular flexibility index (Phi) is 10.6. The second-order valence-corrected chi connectivity index (χ2v) is 17.4. The number of nitrogens with one attached hydrogen (secondary N) is 3. The van der Waals surface area contributed by atoms with E-state index in [-0.39, 0.29) is 34.4 Å². The molecule has 2 amide bonds. The number of rotatable bonds is 9. The van der Waals surface area contributed by atoms with Crippen LogP contribution in [0, 0.1) is 5.92 Å². The number of anilines is 3. The molecule has 51 heavy (non-hydrogen) atoms. The maximum Gasteiger partial charge on any atom is 0.412 e. The van der Waals surface area contributed by atoms with Crippen molar-refractivity contribution in [3.8, 4) is 11.5 Å². The monoisotopic (exact) mass is 754 g/mol. The molecule has 0 saturated carbocycles. The lowest BCUT2D eigenvalue weighted by Crippen LogP contribution is -2.44. The molecular weight excluding hydrogens is 711 g/mol. The summed E-state index contributed by atoms with van der Waals surface area (Å²) in [5.74, 6) is -0.0431. The van der Waals surface area contributed by atoms with E-state index in [1.807, 2.05) is 71.0 Å². The molecule has 4 aromatic carbocycles. The Balaban J connectivity index is 1.53. The summed E-state index contributed by atoms with van der Waals surface area (Å²) in [4.78, 5) is 28.9. The van der Waals surface area contributed by atoms with Gasteiger partial charge in [0.1, 0.15) is 11.6 Å². The van der Waals surface area contributed by atoms with Crippen molar-refractivity contribution in [2.24, 2.45) is 5.92 Å². The third-order valence-corrected chi connectivity index (χ3v) is 10.4. The molecular formula is C38H44Cl2N4O6S. The van der Waals surface area contributed by atoms with Crippen LogP contribution in [0.2, 0.25) is 10.0 Å². The zero-order chi connectivity index (χ0) is 37.6. The number of carbonyl (C=O) groups is 2. The fourth-order valence-electron chi connectivity index (χ4n) is 6.22. The summed E-state index contributed by atoms with van der Waals surface area (Å²) >= 11 is 13.2. The number of carbonyl (C=O) groups excluding carboxylic acids is 2. The summed E-state index contributed by atoms with van der Waals surface area (Å²) in [6, 6.07) is 16.1. The molecule has 1 atom stereocenters. The predicted molar refractivity (Wildman–Crippen MR) is 205 cm³/mol. The van der Waals surface area contributed by atoms with Crippen LogP contribution in [-0.4, -0.2) is 46.2 Å². The van der Waals surface area contributed by atoms with E-state index < -0.39 is 39.1 Å². The standard InChI is InChI=1S/C38H44Cl2N4O6S/c1-21(2)16-29(43-51(47,48)31-15-11-13-22-12-10-14-30(32(22)31)44(8)9)35(45)41-27-19-23(39)17-25-33(27)49-34-26(38(25,6)7)18-24(40)20-28(34)42-36(46)50-37(3,4)5/h10-15,17-21,29,43H,16H2,1-9H3,(H,41,45)(H,42,46)/t29-/m0/s1. The van der Waals surface area contributed by atoms with E-state index in [0.717, 1.165) is 11.1 Å². The number of benzene rings is 4. The molecule has 0 unspecified atom stereocenters. The topological polar surface area (TPSA) is 126 Å². The average molecular weight is 756 g/mol. The highest BCUT2D eigenvalue weighted by Crippen LogP contribution is 2.54. The summed E-state index contributed by atoms with van der Waals surface area (Å²) < 4.78 is 42.9. The van der Waals surface area contributed by atoms with Crippen LogP contribution in [0.3, 0.4) is 0 Å². The second-order valence-electron chi connectivity index (χ2n) is 14.8. The smallest absolute Gasteiger partial charge is 0.412 e. The molecule has 4 aromatic rings. The van der Waals surface area contributed by atoms with Gasteiger partial charge in [0.15, 0.2) is 11.5 Å². The minimum absolute atomic E-state index is 0.0464. The molecule has 0 fully saturated rings. The zero-order valence-corrected chi connectivity index (χ0v) is 32.5. The highest BCUT2D eigenvalue weighted by Gasteiger charge is 2.39. The Bertz CT molecular complexity index is 2120. The van der Waals surface area contributed by atoms with Crippen LogP contribution in [0.5, 0.6) is 11.5 Å². The largest absolute Gasteiger partial charge is 0.452 e. The van der Waals surface area contributed by atoms with E-state index in [1.165, 1.54) is 6.07 Å². The van der Waals surface area contributed by atoms with E-state index in [9.17, 15) is 18.0 Å². The van der Waals surface area contributed by atoms with Crippen LogP contribution >= 0.6 is 23.2 Å². The minimum Gasteiger partial charge on any atom is -0.452 e. The van der Waals surface area contributed by atoms with Crippen LogP contribution in [0.4, 0.5) is 21.9 Å². The van der Waals surface area contributed by atoms with Crippen molar-refractivity contribution < 1.29 is 27.5 Å².